The van der Waals surface area contributed by atoms with Gasteiger partial charge in [0.25, 0.3) is 11.7 Å². The van der Waals surface area contributed by atoms with Crippen molar-refractivity contribution < 1.29 is 27.5 Å². The highest BCUT2D eigenvalue weighted by molar-refractivity contribution is 9.10. The van der Waals surface area contributed by atoms with Crippen molar-refractivity contribution >= 4 is 33.3 Å². The van der Waals surface area contributed by atoms with E-state index in [9.17, 15) is 22.8 Å². The number of amides is 1. The second-order valence-electron chi connectivity index (χ2n) is 5.07. The molecule has 8 heteroatoms. The summed E-state index contributed by atoms with van der Waals surface area (Å²) in [6.07, 6.45) is -4.86. The SMILES string of the molecule is O=C1C(=O)N(Cc2ccc(Br)cc2)c2ccc(OC(F)(F)F)cc21. The lowest BCUT2D eigenvalue weighted by Gasteiger charge is -2.17. The summed E-state index contributed by atoms with van der Waals surface area (Å²) in [5.41, 5.74) is 0.948. The molecule has 3 rings (SSSR count). The van der Waals surface area contributed by atoms with Crippen LogP contribution in [0.3, 0.4) is 0 Å². The number of anilines is 1. The molecule has 1 aliphatic rings. The molecule has 0 saturated carbocycles. The second-order valence-corrected chi connectivity index (χ2v) is 5.99. The average molecular weight is 400 g/mol. The molecule has 24 heavy (non-hydrogen) atoms. The average Bonchev–Trinajstić information content (AvgIpc) is 2.73. The maximum Gasteiger partial charge on any atom is 0.573 e. The summed E-state index contributed by atoms with van der Waals surface area (Å²) in [7, 11) is 0. The first kappa shape index (κ1) is 16.5. The Bertz CT molecular complexity index is 818. The van der Waals surface area contributed by atoms with Gasteiger partial charge in [0.15, 0.2) is 0 Å². The lowest BCUT2D eigenvalue weighted by molar-refractivity contribution is -0.274. The molecule has 2 aromatic carbocycles. The number of fused-ring (bicyclic) bond motifs is 1. The molecule has 124 valence electrons. The summed E-state index contributed by atoms with van der Waals surface area (Å²) in [4.78, 5) is 25.4. The van der Waals surface area contributed by atoms with E-state index in [1.54, 1.807) is 24.3 Å². The van der Waals surface area contributed by atoms with Gasteiger partial charge < -0.3 is 9.64 Å². The van der Waals surface area contributed by atoms with Gasteiger partial charge in [0.2, 0.25) is 0 Å². The van der Waals surface area contributed by atoms with E-state index in [2.05, 4.69) is 20.7 Å². The van der Waals surface area contributed by atoms with Crippen LogP contribution in [0.5, 0.6) is 5.75 Å². The van der Waals surface area contributed by atoms with Crippen LogP contribution in [-0.4, -0.2) is 18.1 Å². The van der Waals surface area contributed by atoms with E-state index in [0.717, 1.165) is 22.2 Å². The highest BCUT2D eigenvalue weighted by atomic mass is 79.9. The number of carbonyl (C=O) groups excluding carboxylic acids is 2. The van der Waals surface area contributed by atoms with Crippen LogP contribution in [0.1, 0.15) is 15.9 Å². The smallest absolute Gasteiger partial charge is 0.406 e. The van der Waals surface area contributed by atoms with E-state index in [0.29, 0.717) is 0 Å². The van der Waals surface area contributed by atoms with Crippen molar-refractivity contribution in [1.29, 1.82) is 0 Å². The van der Waals surface area contributed by atoms with Crippen LogP contribution in [-0.2, 0) is 11.3 Å². The summed E-state index contributed by atoms with van der Waals surface area (Å²) in [5.74, 6) is -2.17. The summed E-state index contributed by atoms with van der Waals surface area (Å²) < 4.78 is 41.5. The zero-order valence-electron chi connectivity index (χ0n) is 11.9. The number of hydrogen-bond donors (Lipinski definition) is 0. The van der Waals surface area contributed by atoms with Gasteiger partial charge in [-0.3, -0.25) is 9.59 Å². The Balaban J connectivity index is 1.91. The fraction of sp³-hybridized carbons (Fsp3) is 0.125. The first-order valence-corrected chi connectivity index (χ1v) is 7.54. The van der Waals surface area contributed by atoms with Crippen molar-refractivity contribution in [2.75, 3.05) is 4.90 Å². The standard InChI is InChI=1S/C16H9BrF3NO3/c17-10-3-1-9(2-4-10)8-21-13-6-5-11(24-16(18,19)20)7-12(13)14(22)15(21)23/h1-7H,8H2. The number of Topliss-reactive ketones (excluding diaryl/α,β-unsaturated/α-hetero) is 1. The van der Waals surface area contributed by atoms with Crippen LogP contribution in [0.15, 0.2) is 46.9 Å². The van der Waals surface area contributed by atoms with Gasteiger partial charge in [0, 0.05) is 4.47 Å². The quantitative estimate of drug-likeness (QED) is 0.730. The van der Waals surface area contributed by atoms with Gasteiger partial charge in [0.1, 0.15) is 5.75 Å². The maximum atomic E-state index is 12.3. The highest BCUT2D eigenvalue weighted by Gasteiger charge is 2.37. The molecule has 0 bridgehead atoms. The molecule has 0 fully saturated rings. The van der Waals surface area contributed by atoms with Gasteiger partial charge in [-0.05, 0) is 35.9 Å². The van der Waals surface area contributed by atoms with E-state index >= 15 is 0 Å². The number of alkyl halides is 3. The van der Waals surface area contributed by atoms with E-state index in [-0.39, 0.29) is 17.8 Å². The van der Waals surface area contributed by atoms with Gasteiger partial charge in [0.05, 0.1) is 17.8 Å². The number of ketones is 1. The molecule has 0 radical (unpaired) electrons. The lowest BCUT2D eigenvalue weighted by atomic mass is 10.1. The van der Waals surface area contributed by atoms with E-state index in [1.165, 1.54) is 11.0 Å². The topological polar surface area (TPSA) is 46.6 Å². The predicted molar refractivity (Wildman–Crippen MR) is 82.8 cm³/mol. The first-order valence-electron chi connectivity index (χ1n) is 6.75. The molecular weight excluding hydrogens is 391 g/mol. The number of nitrogens with zero attached hydrogens (tertiary/aromatic N) is 1. The van der Waals surface area contributed by atoms with Crippen molar-refractivity contribution in [2.24, 2.45) is 0 Å². The Morgan fingerprint density at radius 1 is 1.04 bits per heavy atom. The molecule has 0 saturated heterocycles. The third kappa shape index (κ3) is 3.28. The molecule has 0 aromatic heterocycles. The largest absolute Gasteiger partial charge is 0.573 e. The minimum atomic E-state index is -4.86. The van der Waals surface area contributed by atoms with Gasteiger partial charge >= 0.3 is 6.36 Å². The molecule has 0 aliphatic carbocycles. The molecule has 2 aromatic rings. The first-order chi connectivity index (χ1) is 11.2. The molecule has 0 N–H and O–H groups in total. The third-order valence-corrected chi connectivity index (χ3v) is 3.96. The summed E-state index contributed by atoms with van der Waals surface area (Å²) in [5, 5.41) is 0. The van der Waals surface area contributed by atoms with Crippen LogP contribution >= 0.6 is 15.9 Å². The Labute approximate surface area is 143 Å². The van der Waals surface area contributed by atoms with Crippen molar-refractivity contribution in [3.63, 3.8) is 0 Å². The number of benzene rings is 2. The van der Waals surface area contributed by atoms with E-state index in [1.807, 2.05) is 0 Å². The molecule has 0 spiro atoms. The number of halogens is 4. The minimum Gasteiger partial charge on any atom is -0.406 e. The van der Waals surface area contributed by atoms with Crippen molar-refractivity contribution in [1.82, 2.24) is 0 Å². The van der Waals surface area contributed by atoms with Crippen LogP contribution in [0.4, 0.5) is 18.9 Å². The zero-order chi connectivity index (χ0) is 17.5. The van der Waals surface area contributed by atoms with Crippen molar-refractivity contribution in [2.45, 2.75) is 12.9 Å². The van der Waals surface area contributed by atoms with Gasteiger partial charge in [-0.2, -0.15) is 0 Å². The van der Waals surface area contributed by atoms with Crippen LogP contribution in [0, 0.1) is 0 Å². The Kier molecular flexibility index (Phi) is 4.08. The van der Waals surface area contributed by atoms with E-state index < -0.39 is 23.8 Å². The molecule has 1 heterocycles. The van der Waals surface area contributed by atoms with Crippen molar-refractivity contribution in [3.8, 4) is 5.75 Å². The van der Waals surface area contributed by atoms with Crippen LogP contribution < -0.4 is 9.64 Å². The Morgan fingerprint density at radius 3 is 2.33 bits per heavy atom. The fourth-order valence-corrected chi connectivity index (χ4v) is 2.67. The Hall–Kier alpha value is -2.35. The third-order valence-electron chi connectivity index (χ3n) is 3.43. The minimum absolute atomic E-state index is 0.0983. The summed E-state index contributed by atoms with van der Waals surface area (Å²) in [6.45, 7) is 0.143. The molecule has 4 nitrogen and oxygen atoms in total. The highest BCUT2D eigenvalue weighted by Crippen LogP contribution is 2.34. The lowest BCUT2D eigenvalue weighted by Crippen LogP contribution is -2.29. The van der Waals surface area contributed by atoms with Gasteiger partial charge in [-0.1, -0.05) is 28.1 Å². The van der Waals surface area contributed by atoms with Crippen LogP contribution in [0.2, 0.25) is 0 Å². The summed E-state index contributed by atoms with van der Waals surface area (Å²) >= 11 is 3.30. The molecule has 0 unspecified atom stereocenters. The Morgan fingerprint density at radius 2 is 1.71 bits per heavy atom. The second kappa shape index (κ2) is 5.94. The zero-order valence-corrected chi connectivity index (χ0v) is 13.5. The van der Waals surface area contributed by atoms with Gasteiger partial charge in [-0.25, -0.2) is 0 Å². The van der Waals surface area contributed by atoms with Gasteiger partial charge in [-0.15, -0.1) is 13.2 Å². The fourth-order valence-electron chi connectivity index (χ4n) is 2.41. The molecule has 1 aliphatic heterocycles. The molecule has 0 atom stereocenters. The maximum absolute atomic E-state index is 12.3. The van der Waals surface area contributed by atoms with Crippen molar-refractivity contribution in [3.05, 3.63) is 58.1 Å². The van der Waals surface area contributed by atoms with Crippen LogP contribution in [0.25, 0.3) is 0 Å². The number of rotatable bonds is 3. The number of carbonyl (C=O) groups is 2. The monoisotopic (exact) mass is 399 g/mol. The number of hydrogen-bond acceptors (Lipinski definition) is 3. The summed E-state index contributed by atoms with van der Waals surface area (Å²) in [6, 6.07) is 10.4. The van der Waals surface area contributed by atoms with E-state index in [4.69, 9.17) is 0 Å². The molecular formula is C16H9BrF3NO3. The predicted octanol–water partition coefficient (Wildman–Crippen LogP) is 4.08. The molecule has 1 amide bonds. The number of ether oxygens (including phenoxy) is 1. The normalized spacial score (nSPS) is 14.1.